The standard InChI is InChI=1S/C21H21N3O/c1-15-7-6-8-17(13-15)24-12-11-16(14-24)20-22(2)19-10-5-4-9-18(19)21(25)23(20)3/h4-14,20H,1-3H3/t20-/m1/s1. The molecule has 0 radical (unpaired) electrons. The van der Waals surface area contributed by atoms with E-state index in [0.29, 0.717) is 0 Å². The van der Waals surface area contributed by atoms with Gasteiger partial charge in [-0.2, -0.15) is 0 Å². The molecule has 0 bridgehead atoms. The summed E-state index contributed by atoms with van der Waals surface area (Å²) < 4.78 is 2.11. The van der Waals surface area contributed by atoms with Crippen LogP contribution in [0.2, 0.25) is 0 Å². The molecule has 2 heterocycles. The van der Waals surface area contributed by atoms with E-state index in [1.807, 2.05) is 38.4 Å². The quantitative estimate of drug-likeness (QED) is 0.710. The molecule has 4 nitrogen and oxygen atoms in total. The van der Waals surface area contributed by atoms with Gasteiger partial charge in [0.1, 0.15) is 6.17 Å². The summed E-state index contributed by atoms with van der Waals surface area (Å²) in [5, 5.41) is 0. The van der Waals surface area contributed by atoms with E-state index in [4.69, 9.17) is 0 Å². The Labute approximate surface area is 147 Å². The first kappa shape index (κ1) is 15.5. The molecule has 1 aliphatic rings. The molecular formula is C21H21N3O. The Balaban J connectivity index is 1.74. The Bertz CT molecular complexity index is 944. The highest BCUT2D eigenvalue weighted by Crippen LogP contribution is 2.36. The zero-order chi connectivity index (χ0) is 17.6. The van der Waals surface area contributed by atoms with Crippen LogP contribution in [0.5, 0.6) is 0 Å². The molecule has 0 N–H and O–H groups in total. The van der Waals surface area contributed by atoms with Crippen molar-refractivity contribution in [3.05, 3.63) is 83.7 Å². The molecule has 3 aromatic rings. The Morgan fingerprint density at radius 1 is 0.920 bits per heavy atom. The fraction of sp³-hybridized carbons (Fsp3) is 0.190. The van der Waals surface area contributed by atoms with Crippen molar-refractivity contribution < 1.29 is 4.79 Å². The highest BCUT2D eigenvalue weighted by molar-refractivity contribution is 6.01. The second-order valence-corrected chi connectivity index (χ2v) is 6.61. The number of benzene rings is 2. The van der Waals surface area contributed by atoms with Crippen molar-refractivity contribution in [3.8, 4) is 5.69 Å². The van der Waals surface area contributed by atoms with E-state index in [9.17, 15) is 4.79 Å². The van der Waals surface area contributed by atoms with Crippen LogP contribution >= 0.6 is 0 Å². The Kier molecular flexibility index (Phi) is 3.61. The summed E-state index contributed by atoms with van der Waals surface area (Å²) in [6, 6.07) is 18.2. The van der Waals surface area contributed by atoms with Crippen LogP contribution < -0.4 is 4.90 Å². The number of aromatic nitrogens is 1. The molecule has 0 aliphatic carbocycles. The normalized spacial score (nSPS) is 16.9. The third-order valence-electron chi connectivity index (χ3n) is 4.88. The van der Waals surface area contributed by atoms with Crippen LogP contribution in [0.4, 0.5) is 5.69 Å². The maximum absolute atomic E-state index is 12.8. The molecule has 0 unspecified atom stereocenters. The van der Waals surface area contributed by atoms with Gasteiger partial charge in [0.2, 0.25) is 0 Å². The zero-order valence-electron chi connectivity index (χ0n) is 14.7. The summed E-state index contributed by atoms with van der Waals surface area (Å²) in [6.07, 6.45) is 4.04. The summed E-state index contributed by atoms with van der Waals surface area (Å²) in [4.78, 5) is 16.7. The van der Waals surface area contributed by atoms with Crippen LogP contribution in [-0.2, 0) is 0 Å². The first-order valence-electron chi connectivity index (χ1n) is 8.40. The maximum atomic E-state index is 12.8. The van der Waals surface area contributed by atoms with Gasteiger partial charge in [0.15, 0.2) is 0 Å². The SMILES string of the molecule is Cc1cccc(-n2ccc([C@H]3N(C)C(=O)c4ccccc4N3C)c2)c1. The van der Waals surface area contributed by atoms with Crippen LogP contribution in [0.1, 0.15) is 27.7 Å². The van der Waals surface area contributed by atoms with Crippen molar-refractivity contribution in [2.75, 3.05) is 19.0 Å². The number of anilines is 1. The van der Waals surface area contributed by atoms with Crippen molar-refractivity contribution >= 4 is 11.6 Å². The number of carbonyl (C=O) groups is 1. The van der Waals surface area contributed by atoms with Gasteiger partial charge in [0.05, 0.1) is 11.3 Å². The maximum Gasteiger partial charge on any atom is 0.257 e. The Morgan fingerprint density at radius 3 is 2.52 bits per heavy atom. The molecule has 0 spiro atoms. The molecule has 4 rings (SSSR count). The number of aryl methyl sites for hydroxylation is 1. The molecule has 25 heavy (non-hydrogen) atoms. The van der Waals surface area contributed by atoms with Gasteiger partial charge in [-0.1, -0.05) is 24.3 Å². The fourth-order valence-corrected chi connectivity index (χ4v) is 3.62. The minimum absolute atomic E-state index is 0.0574. The third-order valence-corrected chi connectivity index (χ3v) is 4.88. The van der Waals surface area contributed by atoms with Crippen LogP contribution in [0, 0.1) is 6.92 Å². The summed E-state index contributed by atoms with van der Waals surface area (Å²) in [5.74, 6) is 0.0574. The molecule has 2 aromatic carbocycles. The smallest absolute Gasteiger partial charge is 0.257 e. The Hall–Kier alpha value is -3.01. The van der Waals surface area contributed by atoms with Crippen LogP contribution in [-0.4, -0.2) is 29.5 Å². The van der Waals surface area contributed by atoms with E-state index in [1.54, 1.807) is 4.90 Å². The number of hydrogen-bond acceptors (Lipinski definition) is 2. The lowest BCUT2D eigenvalue weighted by Crippen LogP contribution is -2.45. The number of amides is 1. The van der Waals surface area contributed by atoms with Gasteiger partial charge in [-0.3, -0.25) is 4.79 Å². The van der Waals surface area contributed by atoms with Crippen molar-refractivity contribution in [1.82, 2.24) is 9.47 Å². The van der Waals surface area contributed by atoms with E-state index >= 15 is 0 Å². The van der Waals surface area contributed by atoms with Gasteiger partial charge >= 0.3 is 0 Å². The van der Waals surface area contributed by atoms with Crippen LogP contribution in [0.15, 0.2) is 67.0 Å². The number of carbonyl (C=O) groups excluding carboxylic acids is 1. The Morgan fingerprint density at radius 2 is 1.72 bits per heavy atom. The summed E-state index contributed by atoms with van der Waals surface area (Å²) in [7, 11) is 3.90. The molecule has 4 heteroatoms. The van der Waals surface area contributed by atoms with E-state index < -0.39 is 0 Å². The van der Waals surface area contributed by atoms with E-state index in [2.05, 4.69) is 59.1 Å². The molecule has 1 aliphatic heterocycles. The van der Waals surface area contributed by atoms with Crippen LogP contribution in [0.25, 0.3) is 5.69 Å². The minimum Gasteiger partial charge on any atom is -0.350 e. The molecule has 0 fully saturated rings. The van der Waals surface area contributed by atoms with E-state index in [1.165, 1.54) is 5.56 Å². The van der Waals surface area contributed by atoms with Gasteiger partial charge in [-0.25, -0.2) is 0 Å². The predicted octanol–water partition coefficient (Wildman–Crippen LogP) is 4.01. The summed E-state index contributed by atoms with van der Waals surface area (Å²) >= 11 is 0. The first-order valence-corrected chi connectivity index (χ1v) is 8.40. The summed E-state index contributed by atoms with van der Waals surface area (Å²) in [5.41, 5.74) is 5.16. The number of para-hydroxylation sites is 1. The van der Waals surface area contributed by atoms with Crippen molar-refractivity contribution in [2.24, 2.45) is 0 Å². The minimum atomic E-state index is -0.117. The average molecular weight is 331 g/mol. The fourth-order valence-electron chi connectivity index (χ4n) is 3.62. The van der Waals surface area contributed by atoms with Gasteiger partial charge in [-0.05, 0) is 42.8 Å². The number of rotatable bonds is 2. The highest BCUT2D eigenvalue weighted by atomic mass is 16.2. The second kappa shape index (κ2) is 5.81. The monoisotopic (exact) mass is 331 g/mol. The van der Waals surface area contributed by atoms with Crippen molar-refractivity contribution in [3.63, 3.8) is 0 Å². The lowest BCUT2D eigenvalue weighted by atomic mass is 10.0. The molecule has 0 saturated heterocycles. The molecule has 1 aromatic heterocycles. The summed E-state index contributed by atoms with van der Waals surface area (Å²) in [6.45, 7) is 2.09. The van der Waals surface area contributed by atoms with Gasteiger partial charge in [0.25, 0.3) is 5.91 Å². The molecular weight excluding hydrogens is 310 g/mol. The topological polar surface area (TPSA) is 28.5 Å². The molecule has 126 valence electrons. The molecule has 1 atom stereocenters. The van der Waals surface area contributed by atoms with Gasteiger partial charge in [-0.15, -0.1) is 0 Å². The molecule has 1 amide bonds. The van der Waals surface area contributed by atoms with Gasteiger partial charge in [0, 0.05) is 37.7 Å². The number of nitrogens with zero attached hydrogens (tertiary/aromatic N) is 3. The van der Waals surface area contributed by atoms with E-state index in [0.717, 1.165) is 22.5 Å². The molecule has 0 saturated carbocycles. The highest BCUT2D eigenvalue weighted by Gasteiger charge is 2.34. The second-order valence-electron chi connectivity index (χ2n) is 6.61. The van der Waals surface area contributed by atoms with Crippen LogP contribution in [0.3, 0.4) is 0 Å². The predicted molar refractivity (Wildman–Crippen MR) is 100 cm³/mol. The third kappa shape index (κ3) is 2.50. The largest absolute Gasteiger partial charge is 0.350 e. The van der Waals surface area contributed by atoms with Gasteiger partial charge < -0.3 is 14.4 Å². The average Bonchev–Trinajstić information content (AvgIpc) is 3.10. The van der Waals surface area contributed by atoms with Crippen molar-refractivity contribution in [1.29, 1.82) is 0 Å². The van der Waals surface area contributed by atoms with E-state index in [-0.39, 0.29) is 12.1 Å². The first-order chi connectivity index (χ1) is 12.1. The lowest BCUT2D eigenvalue weighted by Gasteiger charge is -2.41. The zero-order valence-corrected chi connectivity index (χ0v) is 14.7. The number of fused-ring (bicyclic) bond motifs is 1. The lowest BCUT2D eigenvalue weighted by molar-refractivity contribution is 0.0711. The van der Waals surface area contributed by atoms with Crippen molar-refractivity contribution in [2.45, 2.75) is 13.1 Å². The number of hydrogen-bond donors (Lipinski definition) is 0.